The van der Waals surface area contributed by atoms with Crippen molar-refractivity contribution in [3.05, 3.63) is 58.1 Å². The third-order valence-electron chi connectivity index (χ3n) is 2.82. The van der Waals surface area contributed by atoms with Gasteiger partial charge in [0.15, 0.2) is 0 Å². The topological polar surface area (TPSA) is 61.8 Å². The number of hydrogen-bond donors (Lipinski definition) is 2. The van der Waals surface area contributed by atoms with Gasteiger partial charge in [-0.15, -0.1) is 0 Å². The van der Waals surface area contributed by atoms with Gasteiger partial charge in [-0.25, -0.2) is 0 Å². The molecule has 0 bridgehead atoms. The van der Waals surface area contributed by atoms with E-state index in [1.165, 1.54) is 5.56 Å². The van der Waals surface area contributed by atoms with Gasteiger partial charge in [0.1, 0.15) is 0 Å². The monoisotopic (exact) mass is 315 g/mol. The summed E-state index contributed by atoms with van der Waals surface area (Å²) in [5, 5.41) is 12.1. The number of nitrogens with zero attached hydrogens (tertiary/aromatic N) is 1. The van der Waals surface area contributed by atoms with Crippen LogP contribution in [0.4, 0.5) is 11.4 Å². The largest absolute Gasteiger partial charge is 0.398 e. The predicted molar refractivity (Wildman–Crippen MR) is 81.6 cm³/mol. The van der Waals surface area contributed by atoms with Crippen LogP contribution < -0.4 is 11.1 Å². The SMILES string of the molecule is N#CCc1cc(NCc2ccc(Br)cc2)ccc1N. The molecule has 0 heterocycles. The van der Waals surface area contributed by atoms with Crippen molar-refractivity contribution in [2.24, 2.45) is 0 Å². The molecule has 0 aromatic heterocycles. The first kappa shape index (κ1) is 13.4. The highest BCUT2D eigenvalue weighted by Gasteiger charge is 2.01. The molecule has 0 fully saturated rings. The molecule has 3 N–H and O–H groups in total. The molecule has 0 radical (unpaired) electrons. The lowest BCUT2D eigenvalue weighted by Crippen LogP contribution is -2.01. The number of nitrogen functional groups attached to an aromatic ring is 1. The Morgan fingerprint density at radius 1 is 1.16 bits per heavy atom. The highest BCUT2D eigenvalue weighted by atomic mass is 79.9. The molecule has 0 amide bonds. The van der Waals surface area contributed by atoms with E-state index in [-0.39, 0.29) is 0 Å². The van der Waals surface area contributed by atoms with Crippen molar-refractivity contribution in [1.29, 1.82) is 5.26 Å². The van der Waals surface area contributed by atoms with Gasteiger partial charge in [0.2, 0.25) is 0 Å². The summed E-state index contributed by atoms with van der Waals surface area (Å²) in [6, 6.07) is 16.0. The van der Waals surface area contributed by atoms with Crippen LogP contribution in [0.15, 0.2) is 46.9 Å². The second kappa shape index (κ2) is 6.26. The van der Waals surface area contributed by atoms with Crippen molar-refractivity contribution < 1.29 is 0 Å². The fourth-order valence-electron chi connectivity index (χ4n) is 1.76. The van der Waals surface area contributed by atoms with Gasteiger partial charge < -0.3 is 11.1 Å². The van der Waals surface area contributed by atoms with Crippen LogP contribution in [0.3, 0.4) is 0 Å². The molecule has 0 saturated carbocycles. The summed E-state index contributed by atoms with van der Waals surface area (Å²) in [5.74, 6) is 0. The first-order valence-electron chi connectivity index (χ1n) is 5.92. The van der Waals surface area contributed by atoms with E-state index >= 15 is 0 Å². The molecule has 0 spiro atoms. The molecular weight excluding hydrogens is 302 g/mol. The molecule has 0 saturated heterocycles. The van der Waals surface area contributed by atoms with E-state index in [1.54, 1.807) is 0 Å². The van der Waals surface area contributed by atoms with Gasteiger partial charge in [-0.1, -0.05) is 28.1 Å². The van der Waals surface area contributed by atoms with E-state index in [0.717, 1.165) is 22.3 Å². The van der Waals surface area contributed by atoms with Crippen molar-refractivity contribution in [2.75, 3.05) is 11.1 Å². The van der Waals surface area contributed by atoms with Gasteiger partial charge in [-0.05, 0) is 41.5 Å². The van der Waals surface area contributed by atoms with E-state index in [2.05, 4.69) is 39.4 Å². The minimum Gasteiger partial charge on any atom is -0.398 e. The minimum absolute atomic E-state index is 0.333. The van der Waals surface area contributed by atoms with E-state index in [4.69, 9.17) is 11.0 Å². The van der Waals surface area contributed by atoms with Crippen LogP contribution in [0.5, 0.6) is 0 Å². The van der Waals surface area contributed by atoms with Crippen molar-refractivity contribution in [3.63, 3.8) is 0 Å². The number of anilines is 2. The summed E-state index contributed by atoms with van der Waals surface area (Å²) in [4.78, 5) is 0. The zero-order valence-corrected chi connectivity index (χ0v) is 11.9. The Morgan fingerprint density at radius 2 is 1.89 bits per heavy atom. The number of hydrogen-bond acceptors (Lipinski definition) is 3. The van der Waals surface area contributed by atoms with Crippen LogP contribution in [0, 0.1) is 11.3 Å². The van der Waals surface area contributed by atoms with E-state index < -0.39 is 0 Å². The Bertz CT molecular complexity index is 600. The second-order valence-corrected chi connectivity index (χ2v) is 5.14. The maximum atomic E-state index is 8.74. The van der Waals surface area contributed by atoms with Gasteiger partial charge >= 0.3 is 0 Å². The lowest BCUT2D eigenvalue weighted by atomic mass is 10.1. The summed E-state index contributed by atoms with van der Waals surface area (Å²) in [5.41, 5.74) is 9.51. The zero-order valence-electron chi connectivity index (χ0n) is 10.4. The molecule has 0 aliphatic heterocycles. The summed E-state index contributed by atoms with van der Waals surface area (Å²) in [7, 11) is 0. The maximum Gasteiger partial charge on any atom is 0.0670 e. The highest BCUT2D eigenvalue weighted by molar-refractivity contribution is 9.10. The van der Waals surface area contributed by atoms with Gasteiger partial charge in [0.05, 0.1) is 12.5 Å². The molecule has 4 heteroatoms. The van der Waals surface area contributed by atoms with Crippen LogP contribution in [0.25, 0.3) is 0 Å². The van der Waals surface area contributed by atoms with Crippen molar-refractivity contribution in [3.8, 4) is 6.07 Å². The Morgan fingerprint density at radius 3 is 2.58 bits per heavy atom. The number of nitrogens with two attached hydrogens (primary N) is 1. The smallest absolute Gasteiger partial charge is 0.0670 e. The van der Waals surface area contributed by atoms with E-state index in [9.17, 15) is 0 Å². The maximum absolute atomic E-state index is 8.74. The number of halogens is 1. The lowest BCUT2D eigenvalue weighted by Gasteiger charge is -2.09. The molecule has 2 aromatic rings. The Labute approximate surface area is 121 Å². The first-order chi connectivity index (χ1) is 9.19. The average molecular weight is 316 g/mol. The fourth-order valence-corrected chi connectivity index (χ4v) is 2.02. The minimum atomic E-state index is 0.333. The Hall–Kier alpha value is -1.99. The van der Waals surface area contributed by atoms with Crippen LogP contribution in [-0.4, -0.2) is 0 Å². The molecule has 0 atom stereocenters. The molecule has 96 valence electrons. The lowest BCUT2D eigenvalue weighted by molar-refractivity contribution is 1.14. The van der Waals surface area contributed by atoms with Gasteiger partial charge in [-0.3, -0.25) is 0 Å². The summed E-state index contributed by atoms with van der Waals surface area (Å²) >= 11 is 3.41. The number of nitriles is 1. The first-order valence-corrected chi connectivity index (χ1v) is 6.72. The van der Waals surface area contributed by atoms with Crippen LogP contribution >= 0.6 is 15.9 Å². The third-order valence-corrected chi connectivity index (χ3v) is 3.35. The molecule has 0 unspecified atom stereocenters. The van der Waals surface area contributed by atoms with Crippen LogP contribution in [-0.2, 0) is 13.0 Å². The second-order valence-electron chi connectivity index (χ2n) is 4.23. The van der Waals surface area contributed by atoms with Crippen LogP contribution in [0.2, 0.25) is 0 Å². The zero-order chi connectivity index (χ0) is 13.7. The van der Waals surface area contributed by atoms with Gasteiger partial charge in [0, 0.05) is 22.4 Å². The standard InChI is InChI=1S/C15H14BrN3/c16-13-3-1-11(2-4-13)10-19-14-5-6-15(18)12(9-14)7-8-17/h1-6,9,19H,7,10,18H2. The molecule has 19 heavy (non-hydrogen) atoms. The highest BCUT2D eigenvalue weighted by Crippen LogP contribution is 2.19. The number of nitrogens with one attached hydrogen (secondary N) is 1. The molecule has 0 aliphatic rings. The van der Waals surface area contributed by atoms with Gasteiger partial charge in [0.25, 0.3) is 0 Å². The average Bonchev–Trinajstić information content (AvgIpc) is 2.42. The Balaban J connectivity index is 2.05. The summed E-state index contributed by atoms with van der Waals surface area (Å²) in [6.07, 6.45) is 0.333. The van der Waals surface area contributed by atoms with Crippen molar-refractivity contribution in [2.45, 2.75) is 13.0 Å². The van der Waals surface area contributed by atoms with Crippen molar-refractivity contribution in [1.82, 2.24) is 0 Å². The molecular formula is C15H14BrN3. The molecule has 2 aromatic carbocycles. The van der Waals surface area contributed by atoms with E-state index in [1.807, 2.05) is 30.3 Å². The molecule has 0 aliphatic carbocycles. The van der Waals surface area contributed by atoms with E-state index in [0.29, 0.717) is 12.1 Å². The fraction of sp³-hybridized carbons (Fsp3) is 0.133. The molecule has 2 rings (SSSR count). The normalized spacial score (nSPS) is 9.89. The Kier molecular flexibility index (Phi) is 4.43. The quantitative estimate of drug-likeness (QED) is 0.845. The summed E-state index contributed by atoms with van der Waals surface area (Å²) in [6.45, 7) is 0.739. The van der Waals surface area contributed by atoms with Crippen LogP contribution in [0.1, 0.15) is 11.1 Å². The number of benzene rings is 2. The third kappa shape index (κ3) is 3.73. The van der Waals surface area contributed by atoms with Crippen molar-refractivity contribution >= 4 is 27.3 Å². The molecule has 3 nitrogen and oxygen atoms in total. The number of rotatable bonds is 4. The van der Waals surface area contributed by atoms with Gasteiger partial charge in [-0.2, -0.15) is 5.26 Å². The predicted octanol–water partition coefficient (Wildman–Crippen LogP) is 3.71. The summed E-state index contributed by atoms with van der Waals surface area (Å²) < 4.78 is 1.07.